The topological polar surface area (TPSA) is 95.1 Å². The Balaban J connectivity index is 0.00000160. The van der Waals surface area contributed by atoms with Crippen LogP contribution in [0.25, 0.3) is 11.4 Å². The molecule has 0 spiro atoms. The number of amides is 1. The van der Waals surface area contributed by atoms with E-state index in [1.807, 2.05) is 4.57 Å². The minimum Gasteiger partial charge on any atom is -0.381 e. The van der Waals surface area contributed by atoms with E-state index >= 15 is 0 Å². The third-order valence-corrected chi connectivity index (χ3v) is 5.66. The fraction of sp³-hybridized carbons (Fsp3) is 0.550. The molecule has 10 heteroatoms. The lowest BCUT2D eigenvalue weighted by Crippen LogP contribution is -2.44. The second-order valence-corrected chi connectivity index (χ2v) is 7.56. The van der Waals surface area contributed by atoms with Crippen molar-refractivity contribution in [3.8, 4) is 11.4 Å². The van der Waals surface area contributed by atoms with Gasteiger partial charge in [0.1, 0.15) is 11.6 Å². The third-order valence-electron chi connectivity index (χ3n) is 5.66. The Morgan fingerprint density at radius 3 is 2.73 bits per heavy atom. The summed E-state index contributed by atoms with van der Waals surface area (Å²) < 4.78 is 21.9. The van der Waals surface area contributed by atoms with Gasteiger partial charge in [-0.3, -0.25) is 4.79 Å². The molecule has 1 unspecified atom stereocenters. The van der Waals surface area contributed by atoms with Crippen molar-refractivity contribution in [3.63, 3.8) is 0 Å². The van der Waals surface area contributed by atoms with Crippen LogP contribution in [0, 0.1) is 11.7 Å². The van der Waals surface area contributed by atoms with Crippen LogP contribution in [0.2, 0.25) is 0 Å². The van der Waals surface area contributed by atoms with E-state index in [-0.39, 0.29) is 42.5 Å². The average Bonchev–Trinajstić information content (AvgIpc) is 2.97. The lowest BCUT2D eigenvalue weighted by molar-refractivity contribution is -0.119. The molecule has 0 aliphatic carbocycles. The quantitative estimate of drug-likeness (QED) is 0.730. The number of nitrogens with two attached hydrogens (primary N) is 1. The van der Waals surface area contributed by atoms with Gasteiger partial charge in [-0.1, -0.05) is 6.42 Å². The van der Waals surface area contributed by atoms with Crippen molar-refractivity contribution in [2.45, 2.75) is 51.1 Å². The van der Waals surface area contributed by atoms with E-state index in [9.17, 15) is 9.18 Å². The summed E-state index contributed by atoms with van der Waals surface area (Å²) in [6, 6.07) is 3.91. The number of aromatic nitrogens is 3. The first-order chi connectivity index (χ1) is 13.6. The van der Waals surface area contributed by atoms with Crippen molar-refractivity contribution in [1.29, 1.82) is 0 Å². The van der Waals surface area contributed by atoms with Crippen molar-refractivity contribution in [2.75, 3.05) is 18.5 Å². The highest BCUT2D eigenvalue weighted by Crippen LogP contribution is 2.28. The van der Waals surface area contributed by atoms with Gasteiger partial charge in [-0.25, -0.2) is 4.39 Å². The van der Waals surface area contributed by atoms with E-state index in [1.165, 1.54) is 6.07 Å². The number of aryl methyl sites for hydroxylation is 1. The lowest BCUT2D eigenvalue weighted by Gasteiger charge is -2.26. The number of hydrogen-bond donors (Lipinski definition) is 2. The summed E-state index contributed by atoms with van der Waals surface area (Å²) in [4.78, 5) is 12.6. The van der Waals surface area contributed by atoms with Crippen LogP contribution < -0.4 is 11.1 Å². The zero-order valence-corrected chi connectivity index (χ0v) is 18.3. The molecule has 30 heavy (non-hydrogen) atoms. The highest BCUT2D eigenvalue weighted by molar-refractivity contribution is 5.95. The number of rotatable bonds is 4. The van der Waals surface area contributed by atoms with Crippen LogP contribution >= 0.6 is 24.8 Å². The second kappa shape index (κ2) is 11.0. The average molecular weight is 460 g/mol. The van der Waals surface area contributed by atoms with Crippen molar-refractivity contribution >= 4 is 36.4 Å². The van der Waals surface area contributed by atoms with Gasteiger partial charge >= 0.3 is 0 Å². The largest absolute Gasteiger partial charge is 0.381 e. The Morgan fingerprint density at radius 1 is 1.20 bits per heavy atom. The molecule has 2 aliphatic rings. The number of anilines is 1. The van der Waals surface area contributed by atoms with Gasteiger partial charge in [0.25, 0.3) is 0 Å². The van der Waals surface area contributed by atoms with Crippen LogP contribution in [0.5, 0.6) is 0 Å². The highest BCUT2D eigenvalue weighted by atomic mass is 35.5. The number of carbonyl (C=O) groups is 1. The summed E-state index contributed by atoms with van der Waals surface area (Å²) in [6.45, 7) is 2.04. The summed E-state index contributed by atoms with van der Waals surface area (Å²) in [7, 11) is 0. The van der Waals surface area contributed by atoms with E-state index in [0.717, 1.165) is 50.9 Å². The van der Waals surface area contributed by atoms with E-state index in [2.05, 4.69) is 15.5 Å². The molecular formula is C20H28Cl2FN5O2. The zero-order chi connectivity index (χ0) is 19.5. The highest BCUT2D eigenvalue weighted by Gasteiger charge is 2.27. The van der Waals surface area contributed by atoms with Crippen LogP contribution in [-0.4, -0.2) is 39.9 Å². The fourth-order valence-electron chi connectivity index (χ4n) is 3.97. The maximum Gasteiger partial charge on any atom is 0.241 e. The number of hydrogen-bond acceptors (Lipinski definition) is 5. The molecule has 7 nitrogen and oxygen atoms in total. The molecule has 3 heterocycles. The molecular weight excluding hydrogens is 432 g/mol. The standard InChI is InChI=1S/C20H26FN5O2.2ClH/c21-16-6-5-14(23-20(27)18(22)13-7-10-28-11-8-13)12-15(16)19-25-24-17-4-2-1-3-9-26(17)19;;/h5-6,12-13,18H,1-4,7-11,22H2,(H,23,27);2*1H. The summed E-state index contributed by atoms with van der Waals surface area (Å²) in [5.41, 5.74) is 7.00. The first kappa shape index (κ1) is 24.5. The minimum absolute atomic E-state index is 0. The van der Waals surface area contributed by atoms with Gasteiger partial charge in [-0.15, -0.1) is 35.0 Å². The SMILES string of the molecule is Cl.Cl.NC(C(=O)Nc1ccc(F)c(-c2nnc3n2CCCCC3)c1)C1CCOCC1. The molecule has 4 rings (SSSR count). The Labute approximate surface area is 187 Å². The monoisotopic (exact) mass is 459 g/mol. The molecule has 2 aliphatic heterocycles. The molecule has 0 saturated carbocycles. The van der Waals surface area contributed by atoms with Crippen LogP contribution in [0.4, 0.5) is 10.1 Å². The summed E-state index contributed by atoms with van der Waals surface area (Å²) >= 11 is 0. The van der Waals surface area contributed by atoms with Crippen molar-refractivity contribution in [1.82, 2.24) is 14.8 Å². The maximum atomic E-state index is 14.6. The van der Waals surface area contributed by atoms with Gasteiger partial charge in [0.2, 0.25) is 5.91 Å². The molecule has 1 saturated heterocycles. The summed E-state index contributed by atoms with van der Waals surface area (Å²) in [5, 5.41) is 11.3. The molecule has 2 aromatic rings. The van der Waals surface area contributed by atoms with E-state index in [4.69, 9.17) is 10.5 Å². The Hall–Kier alpha value is -1.74. The number of nitrogens with one attached hydrogen (secondary N) is 1. The first-order valence-corrected chi connectivity index (χ1v) is 9.99. The van der Waals surface area contributed by atoms with Gasteiger partial charge in [-0.2, -0.15) is 0 Å². The van der Waals surface area contributed by atoms with Gasteiger partial charge < -0.3 is 20.4 Å². The van der Waals surface area contributed by atoms with Gasteiger partial charge in [0, 0.05) is 31.9 Å². The molecule has 1 atom stereocenters. The van der Waals surface area contributed by atoms with Gasteiger partial charge in [0.15, 0.2) is 5.82 Å². The van der Waals surface area contributed by atoms with E-state index in [1.54, 1.807) is 12.1 Å². The van der Waals surface area contributed by atoms with Gasteiger partial charge in [0.05, 0.1) is 11.6 Å². The van der Waals surface area contributed by atoms with Crippen LogP contribution in [-0.2, 0) is 22.5 Å². The van der Waals surface area contributed by atoms with Crippen LogP contribution in [0.15, 0.2) is 18.2 Å². The van der Waals surface area contributed by atoms with E-state index < -0.39 is 6.04 Å². The predicted molar refractivity (Wildman–Crippen MR) is 118 cm³/mol. The minimum atomic E-state index is -0.609. The molecule has 1 amide bonds. The number of fused-ring (bicyclic) bond motifs is 1. The summed E-state index contributed by atoms with van der Waals surface area (Å²) in [6.07, 6.45) is 5.62. The van der Waals surface area contributed by atoms with Crippen LogP contribution in [0.3, 0.4) is 0 Å². The maximum absolute atomic E-state index is 14.6. The first-order valence-electron chi connectivity index (χ1n) is 9.99. The lowest BCUT2D eigenvalue weighted by atomic mass is 9.92. The Bertz CT molecular complexity index is 858. The molecule has 1 aromatic carbocycles. The number of nitrogens with zero attached hydrogens (tertiary/aromatic N) is 3. The second-order valence-electron chi connectivity index (χ2n) is 7.56. The fourth-order valence-corrected chi connectivity index (χ4v) is 3.97. The molecule has 0 radical (unpaired) electrons. The molecule has 166 valence electrons. The normalized spacial score (nSPS) is 17.7. The number of ether oxygens (including phenoxy) is 1. The molecule has 3 N–H and O–H groups in total. The van der Waals surface area contributed by atoms with Crippen molar-refractivity contribution in [3.05, 3.63) is 29.8 Å². The van der Waals surface area contributed by atoms with E-state index in [0.29, 0.717) is 30.3 Å². The predicted octanol–water partition coefficient (Wildman–Crippen LogP) is 3.35. The molecule has 0 bridgehead atoms. The Morgan fingerprint density at radius 2 is 1.97 bits per heavy atom. The molecule has 1 fully saturated rings. The van der Waals surface area contributed by atoms with Crippen molar-refractivity contribution < 1.29 is 13.9 Å². The molecule has 1 aromatic heterocycles. The number of carbonyl (C=O) groups excluding carboxylic acids is 1. The Kier molecular flexibility index (Phi) is 9.03. The smallest absolute Gasteiger partial charge is 0.241 e. The third kappa shape index (κ3) is 5.29. The van der Waals surface area contributed by atoms with Crippen molar-refractivity contribution in [2.24, 2.45) is 11.7 Å². The number of halogens is 3. The number of benzene rings is 1. The van der Waals surface area contributed by atoms with Gasteiger partial charge in [-0.05, 0) is 49.8 Å². The zero-order valence-electron chi connectivity index (χ0n) is 16.7. The van der Waals surface area contributed by atoms with Crippen LogP contribution in [0.1, 0.15) is 37.9 Å². The summed E-state index contributed by atoms with van der Waals surface area (Å²) in [5.74, 6) is 0.860.